The van der Waals surface area contributed by atoms with Crippen molar-refractivity contribution in [1.29, 1.82) is 0 Å². The smallest absolute Gasteiger partial charge is 0.317 e. The van der Waals surface area contributed by atoms with Crippen LogP contribution >= 0.6 is 0 Å². The highest BCUT2D eigenvalue weighted by Crippen LogP contribution is 2.16. The van der Waals surface area contributed by atoms with E-state index in [4.69, 9.17) is 4.74 Å². The number of aromatic nitrogens is 2. The number of aryl methyl sites for hydroxylation is 1. The number of benzene rings is 1. The number of hydrogen-bond acceptors (Lipinski definition) is 4. The molecule has 0 radical (unpaired) electrons. The maximum absolute atomic E-state index is 12.2. The molecule has 2 aromatic rings. The lowest BCUT2D eigenvalue weighted by molar-refractivity contribution is 0.106. The minimum absolute atomic E-state index is 0.0195. The lowest BCUT2D eigenvalue weighted by atomic mass is 10.1. The fraction of sp³-hybridized carbons (Fsp3) is 0.421. The van der Waals surface area contributed by atoms with Crippen molar-refractivity contribution in [3.8, 4) is 5.88 Å². The molecular formula is C19H24N4O2. The number of ether oxygens (including phenoxy) is 1. The van der Waals surface area contributed by atoms with E-state index in [9.17, 15) is 4.79 Å². The monoisotopic (exact) mass is 340 g/mol. The van der Waals surface area contributed by atoms with Crippen LogP contribution in [0.25, 0.3) is 0 Å². The average Bonchev–Trinajstić information content (AvgIpc) is 2.67. The third-order valence-corrected chi connectivity index (χ3v) is 4.33. The van der Waals surface area contributed by atoms with Gasteiger partial charge >= 0.3 is 6.03 Å². The molecule has 0 saturated carbocycles. The van der Waals surface area contributed by atoms with Crippen LogP contribution in [0.5, 0.6) is 5.88 Å². The van der Waals surface area contributed by atoms with E-state index in [-0.39, 0.29) is 12.1 Å². The molecule has 1 saturated heterocycles. The summed E-state index contributed by atoms with van der Waals surface area (Å²) < 4.78 is 5.80. The Morgan fingerprint density at radius 1 is 1.16 bits per heavy atom. The summed E-state index contributed by atoms with van der Waals surface area (Å²) in [7, 11) is 0. The predicted molar refractivity (Wildman–Crippen MR) is 95.4 cm³/mol. The van der Waals surface area contributed by atoms with Gasteiger partial charge in [0.1, 0.15) is 6.10 Å². The lowest BCUT2D eigenvalue weighted by Gasteiger charge is -2.31. The summed E-state index contributed by atoms with van der Waals surface area (Å²) in [5.74, 6) is 0.548. The molecule has 1 aliphatic rings. The van der Waals surface area contributed by atoms with E-state index in [0.29, 0.717) is 25.5 Å². The van der Waals surface area contributed by atoms with Crippen LogP contribution in [0.4, 0.5) is 4.79 Å². The Morgan fingerprint density at radius 3 is 2.68 bits per heavy atom. The van der Waals surface area contributed by atoms with Crippen LogP contribution in [-0.4, -0.2) is 46.9 Å². The second kappa shape index (κ2) is 9.01. The third-order valence-electron chi connectivity index (χ3n) is 4.33. The minimum atomic E-state index is 0.0195. The first-order valence-electron chi connectivity index (χ1n) is 8.82. The molecule has 0 unspecified atom stereocenters. The zero-order chi connectivity index (χ0) is 17.3. The Bertz CT molecular complexity index is 643. The molecule has 0 atom stereocenters. The third kappa shape index (κ3) is 5.45. The van der Waals surface area contributed by atoms with Gasteiger partial charge in [-0.15, -0.1) is 5.10 Å². The van der Waals surface area contributed by atoms with Crippen LogP contribution in [0.3, 0.4) is 0 Å². The normalized spacial score (nSPS) is 15.0. The highest BCUT2D eigenvalue weighted by molar-refractivity contribution is 5.74. The van der Waals surface area contributed by atoms with Crippen molar-refractivity contribution in [2.45, 2.75) is 31.8 Å². The molecule has 1 aromatic carbocycles. The van der Waals surface area contributed by atoms with E-state index >= 15 is 0 Å². The van der Waals surface area contributed by atoms with Crippen LogP contribution in [0.2, 0.25) is 0 Å². The van der Waals surface area contributed by atoms with Gasteiger partial charge in [0.25, 0.3) is 0 Å². The summed E-state index contributed by atoms with van der Waals surface area (Å²) in [5, 5.41) is 10.8. The standard InChI is InChI=1S/C19H24N4O2/c24-19(20-12-4-8-16-6-2-1-3-7-16)23-14-10-17(11-15-23)25-18-9-5-13-21-22-18/h1-3,5-7,9,13,17H,4,8,10-12,14-15H2,(H,20,24). The van der Waals surface area contributed by atoms with E-state index in [1.807, 2.05) is 23.1 Å². The molecular weight excluding hydrogens is 316 g/mol. The molecule has 132 valence electrons. The first-order chi connectivity index (χ1) is 12.3. The molecule has 1 aliphatic heterocycles. The second-order valence-corrected chi connectivity index (χ2v) is 6.19. The number of rotatable bonds is 6. The summed E-state index contributed by atoms with van der Waals surface area (Å²) in [6.45, 7) is 2.11. The Hall–Kier alpha value is -2.63. The SMILES string of the molecule is O=C(NCCCc1ccccc1)N1CCC(Oc2cccnn2)CC1. The van der Waals surface area contributed by atoms with Crippen molar-refractivity contribution in [1.82, 2.24) is 20.4 Å². The fourth-order valence-corrected chi connectivity index (χ4v) is 2.94. The Balaban J connectivity index is 1.33. The van der Waals surface area contributed by atoms with Crippen molar-refractivity contribution >= 4 is 6.03 Å². The van der Waals surface area contributed by atoms with Gasteiger partial charge in [-0.25, -0.2) is 4.79 Å². The van der Waals surface area contributed by atoms with Gasteiger partial charge in [-0.3, -0.25) is 0 Å². The van der Waals surface area contributed by atoms with Crippen LogP contribution in [-0.2, 0) is 6.42 Å². The molecule has 1 aromatic heterocycles. The molecule has 2 amide bonds. The van der Waals surface area contributed by atoms with Crippen LogP contribution < -0.4 is 10.1 Å². The van der Waals surface area contributed by atoms with Gasteiger partial charge in [0.05, 0.1) is 0 Å². The van der Waals surface area contributed by atoms with Gasteiger partial charge in [0.15, 0.2) is 0 Å². The number of nitrogens with one attached hydrogen (secondary N) is 1. The Kier molecular flexibility index (Phi) is 6.20. The van der Waals surface area contributed by atoms with Gasteiger partial charge in [0, 0.05) is 44.7 Å². The number of amides is 2. The summed E-state index contributed by atoms with van der Waals surface area (Å²) >= 11 is 0. The molecule has 3 rings (SSSR count). The Morgan fingerprint density at radius 2 is 1.96 bits per heavy atom. The second-order valence-electron chi connectivity index (χ2n) is 6.19. The summed E-state index contributed by atoms with van der Waals surface area (Å²) in [6, 6.07) is 14.0. The van der Waals surface area contributed by atoms with Crippen LogP contribution in [0, 0.1) is 0 Å². The zero-order valence-electron chi connectivity index (χ0n) is 14.3. The molecule has 0 spiro atoms. The molecule has 0 bridgehead atoms. The number of nitrogens with zero attached hydrogens (tertiary/aromatic N) is 3. The number of carbonyl (C=O) groups is 1. The highest BCUT2D eigenvalue weighted by Gasteiger charge is 2.23. The molecule has 1 fully saturated rings. The topological polar surface area (TPSA) is 67.4 Å². The summed E-state index contributed by atoms with van der Waals surface area (Å²) in [5.41, 5.74) is 1.30. The number of urea groups is 1. The predicted octanol–water partition coefficient (Wildman–Crippen LogP) is 2.66. The maximum Gasteiger partial charge on any atom is 0.317 e. The van der Waals surface area contributed by atoms with Gasteiger partial charge in [-0.1, -0.05) is 30.3 Å². The minimum Gasteiger partial charge on any atom is -0.473 e. The van der Waals surface area contributed by atoms with E-state index < -0.39 is 0 Å². The van der Waals surface area contributed by atoms with Crippen LogP contribution in [0.1, 0.15) is 24.8 Å². The van der Waals surface area contributed by atoms with E-state index in [1.54, 1.807) is 18.3 Å². The van der Waals surface area contributed by atoms with E-state index in [2.05, 4.69) is 27.6 Å². The lowest BCUT2D eigenvalue weighted by Crippen LogP contribution is -2.46. The summed E-state index contributed by atoms with van der Waals surface area (Å²) in [6.07, 6.45) is 5.27. The summed E-state index contributed by atoms with van der Waals surface area (Å²) in [4.78, 5) is 14.1. The fourth-order valence-electron chi connectivity index (χ4n) is 2.94. The number of likely N-dealkylation sites (tertiary alicyclic amines) is 1. The maximum atomic E-state index is 12.2. The van der Waals surface area contributed by atoms with Gasteiger partial charge in [-0.2, -0.15) is 5.10 Å². The van der Waals surface area contributed by atoms with Crippen molar-refractivity contribution in [2.24, 2.45) is 0 Å². The van der Waals surface area contributed by atoms with Gasteiger partial charge in [0.2, 0.25) is 5.88 Å². The van der Waals surface area contributed by atoms with Gasteiger partial charge in [-0.05, 0) is 24.5 Å². The molecule has 25 heavy (non-hydrogen) atoms. The molecule has 2 heterocycles. The van der Waals surface area contributed by atoms with Crippen molar-refractivity contribution in [2.75, 3.05) is 19.6 Å². The van der Waals surface area contributed by atoms with Crippen molar-refractivity contribution in [3.63, 3.8) is 0 Å². The molecule has 6 heteroatoms. The molecule has 0 aliphatic carbocycles. The quantitative estimate of drug-likeness (QED) is 0.821. The Labute approximate surface area is 148 Å². The number of carbonyl (C=O) groups excluding carboxylic acids is 1. The zero-order valence-corrected chi connectivity index (χ0v) is 14.3. The van der Waals surface area contributed by atoms with Gasteiger partial charge < -0.3 is 15.0 Å². The average molecular weight is 340 g/mol. The molecule has 6 nitrogen and oxygen atoms in total. The molecule has 1 N–H and O–H groups in total. The van der Waals surface area contributed by atoms with E-state index in [0.717, 1.165) is 25.7 Å². The highest BCUT2D eigenvalue weighted by atomic mass is 16.5. The number of hydrogen-bond donors (Lipinski definition) is 1. The largest absolute Gasteiger partial charge is 0.473 e. The van der Waals surface area contributed by atoms with E-state index in [1.165, 1.54) is 5.56 Å². The first-order valence-corrected chi connectivity index (χ1v) is 8.82. The van der Waals surface area contributed by atoms with Crippen LogP contribution in [0.15, 0.2) is 48.7 Å². The first kappa shape index (κ1) is 17.2. The van der Waals surface area contributed by atoms with Crippen molar-refractivity contribution < 1.29 is 9.53 Å². The number of piperidine rings is 1. The van der Waals surface area contributed by atoms with Crippen molar-refractivity contribution in [3.05, 3.63) is 54.2 Å².